The Hall–Kier alpha value is 0.240. The van der Waals surface area contributed by atoms with E-state index in [4.69, 9.17) is 0 Å². The third-order valence-electron chi connectivity index (χ3n) is 0.227. The first kappa shape index (κ1) is 5.24. The lowest BCUT2D eigenvalue weighted by Gasteiger charge is -1.84. The standard InChI is InChI=1S/C2H5FOS/c1-2-5(3)4/h2H2,1H3. The quantitative estimate of drug-likeness (QED) is 0.439. The van der Waals surface area contributed by atoms with Crippen LogP contribution in [0.3, 0.4) is 0 Å². The summed E-state index contributed by atoms with van der Waals surface area (Å²) in [6.45, 7) is 1.52. The molecule has 0 aliphatic carbocycles. The molecule has 1 unspecified atom stereocenters. The molecule has 0 spiro atoms. The molecule has 0 aliphatic heterocycles. The smallest absolute Gasteiger partial charge is 0.176 e. The van der Waals surface area contributed by atoms with Crippen molar-refractivity contribution < 1.29 is 8.44 Å². The van der Waals surface area contributed by atoms with Crippen molar-refractivity contribution in [1.29, 1.82) is 0 Å². The lowest BCUT2D eigenvalue weighted by atomic mass is 11.0. The molecule has 32 valence electrons. The lowest BCUT2D eigenvalue weighted by Crippen LogP contribution is -1.90. The van der Waals surface area contributed by atoms with E-state index < -0.39 is 11.6 Å². The van der Waals surface area contributed by atoms with Gasteiger partial charge >= 0.3 is 0 Å². The Morgan fingerprint density at radius 2 is 2.20 bits per heavy atom. The van der Waals surface area contributed by atoms with E-state index in [2.05, 4.69) is 0 Å². The maximum Gasteiger partial charge on any atom is 0.176 e. The highest BCUT2D eigenvalue weighted by Gasteiger charge is 1.91. The molecule has 0 saturated carbocycles. The van der Waals surface area contributed by atoms with Gasteiger partial charge in [-0.2, -0.15) is 0 Å². The zero-order chi connectivity index (χ0) is 4.28. The van der Waals surface area contributed by atoms with Gasteiger partial charge in [-0.3, -0.25) is 0 Å². The molecular formula is C2H5FOS. The van der Waals surface area contributed by atoms with E-state index in [1.807, 2.05) is 0 Å². The molecule has 0 amide bonds. The fourth-order valence-electron chi connectivity index (χ4n) is 0. The summed E-state index contributed by atoms with van der Waals surface area (Å²) in [6, 6.07) is 0. The summed E-state index contributed by atoms with van der Waals surface area (Å²) in [5.74, 6) is 0.111. The second kappa shape index (κ2) is 2.48. The third kappa shape index (κ3) is 4.24. The summed E-state index contributed by atoms with van der Waals surface area (Å²) in [6.07, 6.45) is 0. The van der Waals surface area contributed by atoms with Gasteiger partial charge in [0.2, 0.25) is 0 Å². The highest BCUT2D eigenvalue weighted by Crippen LogP contribution is 1.85. The van der Waals surface area contributed by atoms with Crippen molar-refractivity contribution in [2.75, 3.05) is 5.75 Å². The SMILES string of the molecule is CC[S+]([O-])F. The van der Waals surface area contributed by atoms with Crippen molar-refractivity contribution in [3.8, 4) is 0 Å². The highest BCUT2D eigenvalue weighted by molar-refractivity contribution is 7.86. The normalized spacial score (nSPS) is 15.0. The van der Waals surface area contributed by atoms with Crippen LogP contribution in [0.4, 0.5) is 3.89 Å². The van der Waals surface area contributed by atoms with Gasteiger partial charge in [-0.25, -0.2) is 0 Å². The Morgan fingerprint density at radius 3 is 2.20 bits per heavy atom. The summed E-state index contributed by atoms with van der Waals surface area (Å²) < 4.78 is 20.2. The van der Waals surface area contributed by atoms with Gasteiger partial charge in [-0.15, -0.1) is 0 Å². The van der Waals surface area contributed by atoms with Crippen LogP contribution in [0.15, 0.2) is 0 Å². The van der Waals surface area contributed by atoms with Gasteiger partial charge in [-0.1, -0.05) is 0 Å². The predicted octanol–water partition coefficient (Wildman–Crippen LogP) is 0.640. The number of halogens is 1. The minimum absolute atomic E-state index is 0.111. The fraction of sp³-hybridized carbons (Fsp3) is 1.00. The number of rotatable bonds is 1. The van der Waals surface area contributed by atoms with Crippen molar-refractivity contribution in [1.82, 2.24) is 0 Å². The molecule has 0 aromatic rings. The monoisotopic (exact) mass is 96.0 g/mol. The Morgan fingerprint density at radius 1 is 2.00 bits per heavy atom. The topological polar surface area (TPSA) is 23.1 Å². The molecule has 0 N–H and O–H groups in total. The summed E-state index contributed by atoms with van der Waals surface area (Å²) in [4.78, 5) is 0. The highest BCUT2D eigenvalue weighted by atomic mass is 32.3. The van der Waals surface area contributed by atoms with Crippen molar-refractivity contribution in [2.45, 2.75) is 6.92 Å². The molecule has 0 saturated heterocycles. The maximum atomic E-state index is 10.9. The van der Waals surface area contributed by atoms with Gasteiger partial charge in [0.25, 0.3) is 0 Å². The summed E-state index contributed by atoms with van der Waals surface area (Å²) in [5.41, 5.74) is 0. The molecule has 3 heteroatoms. The average Bonchev–Trinajstić information content (AvgIpc) is 1.38. The third-order valence-corrected chi connectivity index (χ3v) is 0.681. The second-order valence-corrected chi connectivity index (χ2v) is 1.74. The van der Waals surface area contributed by atoms with E-state index in [-0.39, 0.29) is 5.75 Å². The molecule has 0 heterocycles. The molecule has 0 bridgehead atoms. The minimum atomic E-state index is -2.07. The first-order chi connectivity index (χ1) is 2.27. The van der Waals surface area contributed by atoms with E-state index in [0.29, 0.717) is 0 Å². The number of hydrogen-bond acceptors (Lipinski definition) is 1. The molecule has 1 atom stereocenters. The van der Waals surface area contributed by atoms with Crippen LogP contribution in [-0.2, 0) is 11.6 Å². The molecule has 0 fully saturated rings. The minimum Gasteiger partial charge on any atom is -0.581 e. The first-order valence-corrected chi connectivity index (χ1v) is 2.54. The number of hydrogen-bond donors (Lipinski definition) is 0. The summed E-state index contributed by atoms with van der Waals surface area (Å²) >= 11 is -2.07. The van der Waals surface area contributed by atoms with Crippen LogP contribution in [0.25, 0.3) is 0 Å². The van der Waals surface area contributed by atoms with E-state index in [0.717, 1.165) is 0 Å². The molecular weight excluding hydrogens is 91.1 g/mol. The zero-order valence-electron chi connectivity index (χ0n) is 2.90. The van der Waals surface area contributed by atoms with Crippen molar-refractivity contribution >= 4 is 11.6 Å². The van der Waals surface area contributed by atoms with Crippen LogP contribution < -0.4 is 0 Å². The van der Waals surface area contributed by atoms with E-state index in [1.165, 1.54) is 6.92 Å². The van der Waals surface area contributed by atoms with Crippen LogP contribution in [0, 0.1) is 0 Å². The van der Waals surface area contributed by atoms with E-state index in [1.54, 1.807) is 0 Å². The molecule has 1 nitrogen and oxygen atoms in total. The van der Waals surface area contributed by atoms with Crippen LogP contribution in [-0.4, -0.2) is 10.3 Å². The van der Waals surface area contributed by atoms with Crippen molar-refractivity contribution in [3.63, 3.8) is 0 Å². The molecule has 0 aliphatic rings. The molecule has 5 heavy (non-hydrogen) atoms. The van der Waals surface area contributed by atoms with Crippen LogP contribution in [0.2, 0.25) is 0 Å². The predicted molar refractivity (Wildman–Crippen MR) is 19.8 cm³/mol. The Kier molecular flexibility index (Phi) is 2.59. The Bertz CT molecular complexity index is 23.6. The van der Waals surface area contributed by atoms with Crippen LogP contribution >= 0.6 is 0 Å². The molecule has 0 radical (unpaired) electrons. The van der Waals surface area contributed by atoms with E-state index in [9.17, 15) is 8.44 Å². The summed E-state index contributed by atoms with van der Waals surface area (Å²) in [7, 11) is 0. The van der Waals surface area contributed by atoms with Gasteiger partial charge in [-0.05, 0) is 6.92 Å². The lowest BCUT2D eigenvalue weighted by molar-refractivity contribution is 0.552. The largest absolute Gasteiger partial charge is 0.581 e. The second-order valence-electron chi connectivity index (χ2n) is 0.579. The van der Waals surface area contributed by atoms with E-state index >= 15 is 0 Å². The first-order valence-electron chi connectivity index (χ1n) is 1.32. The van der Waals surface area contributed by atoms with Crippen molar-refractivity contribution in [3.05, 3.63) is 0 Å². The van der Waals surface area contributed by atoms with Gasteiger partial charge in [0.05, 0.1) is 0 Å². The molecule has 0 rings (SSSR count). The maximum absolute atomic E-state index is 10.9. The zero-order valence-corrected chi connectivity index (χ0v) is 3.72. The fourth-order valence-corrected chi connectivity index (χ4v) is 0. The van der Waals surface area contributed by atoms with Gasteiger partial charge in [0, 0.05) is 3.89 Å². The van der Waals surface area contributed by atoms with Crippen LogP contribution in [0.5, 0.6) is 0 Å². The summed E-state index contributed by atoms with van der Waals surface area (Å²) in [5, 5.41) is 0. The van der Waals surface area contributed by atoms with Gasteiger partial charge in [0.15, 0.2) is 11.6 Å². The van der Waals surface area contributed by atoms with Gasteiger partial charge < -0.3 is 4.55 Å². The van der Waals surface area contributed by atoms with Gasteiger partial charge in [0.1, 0.15) is 5.75 Å². The molecule has 0 aromatic carbocycles. The van der Waals surface area contributed by atoms with Crippen molar-refractivity contribution in [2.24, 2.45) is 0 Å². The Labute approximate surface area is 33.7 Å². The molecule has 0 aromatic heterocycles. The average molecular weight is 96.1 g/mol. The van der Waals surface area contributed by atoms with Crippen LogP contribution in [0.1, 0.15) is 6.92 Å². The Balaban J connectivity index is 2.54.